The predicted octanol–water partition coefficient (Wildman–Crippen LogP) is -3.16. The van der Waals surface area contributed by atoms with Gasteiger partial charge in [0.15, 0.2) is 11.4 Å². The normalized spacial score (nSPS) is 10.5. The molecule has 0 aliphatic carbocycles. The minimum atomic E-state index is -1.38. The molecule has 0 amide bonds. The van der Waals surface area contributed by atoms with Gasteiger partial charge in [0.1, 0.15) is 5.97 Å². The van der Waals surface area contributed by atoms with Crippen LogP contribution in [0, 0.1) is 0 Å². The monoisotopic (exact) mass is 225 g/mol. The summed E-state index contributed by atoms with van der Waals surface area (Å²) in [5.74, 6) is -1.49. The van der Waals surface area contributed by atoms with Gasteiger partial charge in [-0.1, -0.05) is 17.2 Å². The summed E-state index contributed by atoms with van der Waals surface area (Å²) in [4.78, 5) is 10.7. The summed E-state index contributed by atoms with van der Waals surface area (Å²) in [6, 6.07) is 7.01. The Labute approximate surface area is 111 Å². The van der Waals surface area contributed by atoms with E-state index in [1.807, 2.05) is 0 Å². The number of carbonyl (C=O) groups is 1. The van der Waals surface area contributed by atoms with Gasteiger partial charge >= 0.3 is 35.4 Å². The number of rotatable bonds is 1. The van der Waals surface area contributed by atoms with Crippen LogP contribution in [0.25, 0.3) is 16.9 Å². The molecule has 0 spiro atoms. The molecule has 0 N–H and O–H groups in total. The average Bonchev–Trinajstić information content (AvgIpc) is 2.74. The average molecular weight is 225 g/mol. The van der Waals surface area contributed by atoms with Gasteiger partial charge in [-0.2, -0.15) is 0 Å². The first-order valence-corrected chi connectivity index (χ1v) is 4.21. The molecule has 2 aromatic heterocycles. The molecule has 0 aliphatic heterocycles. The number of oxazole rings is 1. The third-order valence-electron chi connectivity index (χ3n) is 2.12. The maximum Gasteiger partial charge on any atom is 1.00 e. The second-order valence-corrected chi connectivity index (χ2v) is 3.00. The Morgan fingerprint density at radius 2 is 2.06 bits per heavy atom. The summed E-state index contributed by atoms with van der Waals surface area (Å²) < 4.78 is 6.59. The van der Waals surface area contributed by atoms with Crippen molar-refractivity contribution < 1.29 is 43.9 Å². The first-order chi connectivity index (χ1) is 7.27. The van der Waals surface area contributed by atoms with Crippen LogP contribution < -0.4 is 34.7 Å². The maximum absolute atomic E-state index is 10.7. The van der Waals surface area contributed by atoms with Crippen molar-refractivity contribution in [1.29, 1.82) is 0 Å². The van der Waals surface area contributed by atoms with Gasteiger partial charge in [-0.3, -0.25) is 0 Å². The second kappa shape index (κ2) is 3.89. The Bertz CT molecular complexity index is 673. The summed E-state index contributed by atoms with van der Waals surface area (Å²) in [5.41, 5.74) is 1.17. The molecule has 0 saturated heterocycles. The van der Waals surface area contributed by atoms with E-state index in [-0.39, 0.29) is 41.2 Å². The van der Waals surface area contributed by atoms with E-state index in [4.69, 9.17) is 4.42 Å². The van der Waals surface area contributed by atoms with Crippen LogP contribution in [0.4, 0.5) is 0 Å². The zero-order valence-corrected chi connectivity index (χ0v) is 10.4. The minimum Gasteiger partial charge on any atom is -0.541 e. The van der Waals surface area contributed by atoms with Crippen molar-refractivity contribution in [2.75, 3.05) is 0 Å². The van der Waals surface area contributed by atoms with Crippen LogP contribution in [0.5, 0.6) is 0 Å². The Balaban J connectivity index is 0.000000963. The molecule has 7 heteroatoms. The van der Waals surface area contributed by atoms with E-state index in [9.17, 15) is 9.90 Å². The predicted molar refractivity (Wildman–Crippen MR) is 47.1 cm³/mol. The molecule has 6 nitrogen and oxygen atoms in total. The van der Waals surface area contributed by atoms with Crippen molar-refractivity contribution in [3.05, 3.63) is 30.1 Å². The van der Waals surface area contributed by atoms with E-state index in [0.29, 0.717) is 11.1 Å². The molecule has 3 rings (SSSR count). The SMILES string of the molecule is O=C([O-])c1nnc2oc3ccccc3n12.[Na+]. The fourth-order valence-corrected chi connectivity index (χ4v) is 1.51. The largest absolute Gasteiger partial charge is 1.00 e. The summed E-state index contributed by atoms with van der Waals surface area (Å²) in [6.07, 6.45) is 0. The van der Waals surface area contributed by atoms with E-state index in [0.717, 1.165) is 0 Å². The van der Waals surface area contributed by atoms with Crippen LogP contribution in [-0.4, -0.2) is 20.6 Å². The smallest absolute Gasteiger partial charge is 0.541 e. The van der Waals surface area contributed by atoms with Gasteiger partial charge in [0.05, 0.1) is 5.52 Å². The van der Waals surface area contributed by atoms with Crippen molar-refractivity contribution in [2.24, 2.45) is 0 Å². The van der Waals surface area contributed by atoms with Crippen molar-refractivity contribution in [2.45, 2.75) is 0 Å². The third-order valence-corrected chi connectivity index (χ3v) is 2.12. The number of aromatic carboxylic acids is 1. The van der Waals surface area contributed by atoms with Crippen molar-refractivity contribution >= 4 is 22.9 Å². The minimum absolute atomic E-state index is 0. The molecule has 3 aromatic rings. The first-order valence-electron chi connectivity index (χ1n) is 4.21. The van der Waals surface area contributed by atoms with Gasteiger partial charge in [0.25, 0.3) is 0 Å². The molecule has 16 heavy (non-hydrogen) atoms. The topological polar surface area (TPSA) is 83.5 Å². The Kier molecular flexibility index (Phi) is 2.71. The van der Waals surface area contributed by atoms with Crippen molar-refractivity contribution in [3.63, 3.8) is 0 Å². The molecule has 2 heterocycles. The van der Waals surface area contributed by atoms with Crippen LogP contribution in [-0.2, 0) is 0 Å². The van der Waals surface area contributed by atoms with Crippen LogP contribution in [0.3, 0.4) is 0 Å². The van der Waals surface area contributed by atoms with E-state index in [1.165, 1.54) is 4.40 Å². The number of carboxylic acids is 1. The van der Waals surface area contributed by atoms with Gasteiger partial charge in [-0.15, -0.1) is 5.10 Å². The number of hydrogen-bond donors (Lipinski definition) is 0. The molecule has 0 aliphatic rings. The molecule has 0 saturated carbocycles. The van der Waals surface area contributed by atoms with Gasteiger partial charge in [0, 0.05) is 0 Å². The van der Waals surface area contributed by atoms with Crippen LogP contribution in [0.15, 0.2) is 28.7 Å². The van der Waals surface area contributed by atoms with Crippen molar-refractivity contribution in [1.82, 2.24) is 14.6 Å². The number of carbonyl (C=O) groups excluding carboxylic acids is 1. The zero-order chi connectivity index (χ0) is 10.4. The summed E-state index contributed by atoms with van der Waals surface area (Å²) in [7, 11) is 0. The standard InChI is InChI=1S/C9H5N3O3.Na/c13-8(14)7-10-11-9-12(7)5-3-1-2-4-6(5)15-9;/h1-4H,(H,13,14);/q;+1/p-1. The molecular formula is C9H4N3NaO3. The molecule has 0 unspecified atom stereocenters. The van der Waals surface area contributed by atoms with E-state index >= 15 is 0 Å². The molecular weight excluding hydrogens is 221 g/mol. The molecule has 0 atom stereocenters. The molecule has 0 radical (unpaired) electrons. The third kappa shape index (κ3) is 1.42. The number of benzene rings is 1. The van der Waals surface area contributed by atoms with E-state index < -0.39 is 5.97 Å². The van der Waals surface area contributed by atoms with Crippen LogP contribution >= 0.6 is 0 Å². The molecule has 1 aromatic carbocycles. The Hall–Kier alpha value is -1.37. The summed E-state index contributed by atoms with van der Waals surface area (Å²) in [6.45, 7) is 0. The van der Waals surface area contributed by atoms with Gasteiger partial charge in [-0.25, -0.2) is 4.40 Å². The number of hydrogen-bond acceptors (Lipinski definition) is 5. The van der Waals surface area contributed by atoms with Gasteiger partial charge < -0.3 is 14.3 Å². The Morgan fingerprint density at radius 1 is 1.31 bits per heavy atom. The quantitative estimate of drug-likeness (QED) is 0.408. The van der Waals surface area contributed by atoms with E-state index in [2.05, 4.69) is 10.2 Å². The molecule has 74 valence electrons. The van der Waals surface area contributed by atoms with E-state index in [1.54, 1.807) is 24.3 Å². The van der Waals surface area contributed by atoms with Crippen molar-refractivity contribution in [3.8, 4) is 0 Å². The fraction of sp³-hybridized carbons (Fsp3) is 0. The number of fused-ring (bicyclic) bond motifs is 3. The fourth-order valence-electron chi connectivity index (χ4n) is 1.51. The zero-order valence-electron chi connectivity index (χ0n) is 8.38. The molecule has 0 bridgehead atoms. The number of nitrogens with zero attached hydrogens (tertiary/aromatic N) is 3. The maximum atomic E-state index is 10.7. The van der Waals surface area contributed by atoms with Gasteiger partial charge in [-0.05, 0) is 12.1 Å². The van der Waals surface area contributed by atoms with Crippen LogP contribution in [0.1, 0.15) is 10.6 Å². The first kappa shape index (κ1) is 11.1. The number of aromatic nitrogens is 3. The Morgan fingerprint density at radius 3 is 2.81 bits per heavy atom. The van der Waals surface area contributed by atoms with Crippen LogP contribution in [0.2, 0.25) is 0 Å². The summed E-state index contributed by atoms with van der Waals surface area (Å²) in [5, 5.41) is 17.8. The van der Waals surface area contributed by atoms with Gasteiger partial charge in [0.2, 0.25) is 0 Å². The number of carboxylic acid groups (broad SMARTS) is 1. The molecule has 0 fully saturated rings. The second-order valence-electron chi connectivity index (χ2n) is 3.00. The summed E-state index contributed by atoms with van der Waals surface area (Å²) >= 11 is 0. The number of para-hydroxylation sites is 2.